The van der Waals surface area contributed by atoms with E-state index in [2.05, 4.69) is 12.2 Å². The third-order valence-electron chi connectivity index (χ3n) is 4.64. The van der Waals surface area contributed by atoms with Gasteiger partial charge in [-0.2, -0.15) is 0 Å². The van der Waals surface area contributed by atoms with Gasteiger partial charge in [-0.1, -0.05) is 25.8 Å². The van der Waals surface area contributed by atoms with Crippen molar-refractivity contribution in [2.75, 3.05) is 0 Å². The van der Waals surface area contributed by atoms with Crippen LogP contribution >= 0.6 is 0 Å². The highest BCUT2D eigenvalue weighted by Crippen LogP contribution is 2.28. The molecule has 0 bridgehead atoms. The van der Waals surface area contributed by atoms with Crippen molar-refractivity contribution in [1.82, 2.24) is 5.32 Å². The molecule has 0 aliphatic heterocycles. The Morgan fingerprint density at radius 3 is 2.33 bits per heavy atom. The molecule has 0 spiro atoms. The minimum Gasteiger partial charge on any atom is -0.311 e. The van der Waals surface area contributed by atoms with Gasteiger partial charge in [0.1, 0.15) is 11.6 Å². The van der Waals surface area contributed by atoms with Crippen LogP contribution in [0.1, 0.15) is 57.9 Å². The number of hydrogen-bond donors (Lipinski definition) is 1. The van der Waals surface area contributed by atoms with Gasteiger partial charge in [-0.15, -0.1) is 0 Å². The lowest BCUT2D eigenvalue weighted by Crippen LogP contribution is -2.40. The fourth-order valence-corrected chi connectivity index (χ4v) is 3.52. The molecule has 1 saturated carbocycles. The molecule has 1 aromatic rings. The van der Waals surface area contributed by atoms with Crippen LogP contribution in [0.2, 0.25) is 0 Å². The predicted molar refractivity (Wildman–Crippen MR) is 83.3 cm³/mol. The third-order valence-corrected chi connectivity index (χ3v) is 4.64. The van der Waals surface area contributed by atoms with Gasteiger partial charge < -0.3 is 5.32 Å². The summed E-state index contributed by atoms with van der Waals surface area (Å²) in [5.41, 5.74) is 0.206. The fourth-order valence-electron chi connectivity index (χ4n) is 3.52. The Hall–Kier alpha value is -0.960. The van der Waals surface area contributed by atoms with Gasteiger partial charge in [-0.25, -0.2) is 8.78 Å². The largest absolute Gasteiger partial charge is 0.311 e. The highest BCUT2D eigenvalue weighted by Gasteiger charge is 2.22. The Labute approximate surface area is 127 Å². The normalized spacial score (nSPS) is 24.0. The number of benzene rings is 1. The van der Waals surface area contributed by atoms with Crippen molar-refractivity contribution >= 4 is 0 Å². The Bertz CT molecular complexity index is 419. The van der Waals surface area contributed by atoms with Gasteiger partial charge in [0.2, 0.25) is 0 Å². The van der Waals surface area contributed by atoms with Crippen molar-refractivity contribution in [3.63, 3.8) is 0 Å². The highest BCUT2D eigenvalue weighted by atomic mass is 19.1. The van der Waals surface area contributed by atoms with Crippen LogP contribution in [0.3, 0.4) is 0 Å². The van der Waals surface area contributed by atoms with Gasteiger partial charge in [0.05, 0.1) is 0 Å². The Balaban J connectivity index is 1.81. The van der Waals surface area contributed by atoms with E-state index in [-0.39, 0.29) is 11.6 Å². The van der Waals surface area contributed by atoms with Crippen LogP contribution in [0, 0.1) is 17.6 Å². The van der Waals surface area contributed by atoms with E-state index in [9.17, 15) is 8.78 Å². The number of rotatable bonds is 6. The summed E-state index contributed by atoms with van der Waals surface area (Å²) < 4.78 is 27.3. The fraction of sp³-hybridized carbons (Fsp3) is 0.667. The summed E-state index contributed by atoms with van der Waals surface area (Å²) in [5.74, 6) is 0.0120. The van der Waals surface area contributed by atoms with E-state index in [0.29, 0.717) is 12.5 Å². The molecule has 1 atom stereocenters. The molecule has 1 aliphatic carbocycles. The third kappa shape index (κ3) is 4.77. The first-order valence-electron chi connectivity index (χ1n) is 8.29. The maximum absolute atomic E-state index is 13.7. The first kappa shape index (κ1) is 16.4. The average Bonchev–Trinajstić information content (AvgIpc) is 2.45. The molecular weight excluding hydrogens is 268 g/mol. The lowest BCUT2D eigenvalue weighted by Gasteiger charge is -2.31. The smallest absolute Gasteiger partial charge is 0.129 e. The molecule has 3 heteroatoms. The maximum atomic E-state index is 13.7. The summed E-state index contributed by atoms with van der Waals surface area (Å²) in [5, 5.41) is 3.55. The van der Waals surface area contributed by atoms with Crippen molar-refractivity contribution in [2.45, 2.75) is 70.9 Å². The van der Waals surface area contributed by atoms with E-state index in [1.165, 1.54) is 56.7 Å². The SMILES string of the molecule is CCCC1CCC(NC(C)Cc2c(F)cccc2F)CC1. The topological polar surface area (TPSA) is 12.0 Å². The number of hydrogen-bond acceptors (Lipinski definition) is 1. The summed E-state index contributed by atoms with van der Waals surface area (Å²) in [6.45, 7) is 4.26. The molecule has 1 nitrogen and oxygen atoms in total. The van der Waals surface area contributed by atoms with Crippen molar-refractivity contribution in [3.05, 3.63) is 35.4 Å². The molecule has 0 amide bonds. The minimum absolute atomic E-state index is 0.101. The van der Waals surface area contributed by atoms with Crippen molar-refractivity contribution in [2.24, 2.45) is 5.92 Å². The zero-order valence-corrected chi connectivity index (χ0v) is 13.2. The van der Waals surface area contributed by atoms with Crippen LogP contribution in [0.4, 0.5) is 8.78 Å². The number of nitrogens with one attached hydrogen (secondary N) is 1. The summed E-state index contributed by atoms with van der Waals surface area (Å²) in [6.07, 6.45) is 7.96. The van der Waals surface area contributed by atoms with Crippen molar-refractivity contribution in [3.8, 4) is 0 Å². The molecule has 1 aromatic carbocycles. The van der Waals surface area contributed by atoms with E-state index in [4.69, 9.17) is 0 Å². The zero-order valence-electron chi connectivity index (χ0n) is 13.2. The minimum atomic E-state index is -0.435. The average molecular weight is 295 g/mol. The van der Waals surface area contributed by atoms with Crippen LogP contribution in [-0.2, 0) is 6.42 Å². The van der Waals surface area contributed by atoms with Crippen molar-refractivity contribution < 1.29 is 8.78 Å². The Morgan fingerprint density at radius 1 is 1.14 bits per heavy atom. The molecule has 1 aliphatic rings. The molecule has 0 radical (unpaired) electrons. The molecule has 1 N–H and O–H groups in total. The second-order valence-corrected chi connectivity index (χ2v) is 6.48. The van der Waals surface area contributed by atoms with E-state index in [1.54, 1.807) is 0 Å². The first-order chi connectivity index (χ1) is 10.1. The molecule has 2 rings (SSSR count). The van der Waals surface area contributed by atoms with Gasteiger partial charge >= 0.3 is 0 Å². The number of halogens is 2. The van der Waals surface area contributed by atoms with E-state index in [0.717, 1.165) is 5.92 Å². The summed E-state index contributed by atoms with van der Waals surface area (Å²) in [6, 6.07) is 4.69. The first-order valence-corrected chi connectivity index (χ1v) is 8.29. The van der Waals surface area contributed by atoms with E-state index < -0.39 is 11.6 Å². The molecule has 1 unspecified atom stereocenters. The maximum Gasteiger partial charge on any atom is 0.129 e. The van der Waals surface area contributed by atoms with Gasteiger partial charge in [0.25, 0.3) is 0 Å². The lowest BCUT2D eigenvalue weighted by molar-refractivity contribution is 0.264. The van der Waals surface area contributed by atoms with Gasteiger partial charge in [0.15, 0.2) is 0 Å². The van der Waals surface area contributed by atoms with Crippen molar-refractivity contribution in [1.29, 1.82) is 0 Å². The van der Waals surface area contributed by atoms with Gasteiger partial charge in [-0.05, 0) is 57.1 Å². The molecule has 21 heavy (non-hydrogen) atoms. The van der Waals surface area contributed by atoms with Crippen LogP contribution in [0.5, 0.6) is 0 Å². The van der Waals surface area contributed by atoms with Crippen LogP contribution in [-0.4, -0.2) is 12.1 Å². The Morgan fingerprint density at radius 2 is 1.76 bits per heavy atom. The van der Waals surface area contributed by atoms with Gasteiger partial charge in [-0.3, -0.25) is 0 Å². The molecule has 0 heterocycles. The standard InChI is InChI=1S/C18H27F2N/c1-3-5-14-8-10-15(11-9-14)21-13(2)12-16-17(19)6-4-7-18(16)20/h4,6-7,13-15,21H,3,5,8-12H2,1-2H3. The van der Waals surface area contributed by atoms with Crippen LogP contribution in [0.25, 0.3) is 0 Å². The van der Waals surface area contributed by atoms with E-state index >= 15 is 0 Å². The second kappa shape index (κ2) is 7.88. The summed E-state index contributed by atoms with van der Waals surface area (Å²) >= 11 is 0. The van der Waals surface area contributed by atoms with Crippen LogP contribution < -0.4 is 5.32 Å². The van der Waals surface area contributed by atoms with Gasteiger partial charge in [0, 0.05) is 17.6 Å². The summed E-state index contributed by atoms with van der Waals surface area (Å²) in [4.78, 5) is 0. The molecule has 1 fully saturated rings. The second-order valence-electron chi connectivity index (χ2n) is 6.48. The molecular formula is C18H27F2N. The molecule has 118 valence electrons. The predicted octanol–water partition coefficient (Wildman–Crippen LogP) is 4.84. The monoisotopic (exact) mass is 295 g/mol. The lowest BCUT2D eigenvalue weighted by atomic mass is 9.83. The van der Waals surface area contributed by atoms with Crippen LogP contribution in [0.15, 0.2) is 18.2 Å². The summed E-state index contributed by atoms with van der Waals surface area (Å²) in [7, 11) is 0. The Kier molecular flexibility index (Phi) is 6.16. The zero-order chi connectivity index (χ0) is 15.2. The quantitative estimate of drug-likeness (QED) is 0.791. The van der Waals surface area contributed by atoms with E-state index in [1.807, 2.05) is 6.92 Å². The molecule has 0 aromatic heterocycles. The highest BCUT2D eigenvalue weighted by molar-refractivity contribution is 5.20. The molecule has 0 saturated heterocycles.